The lowest BCUT2D eigenvalue weighted by atomic mass is 10.2. The zero-order valence-corrected chi connectivity index (χ0v) is 19.4. The smallest absolute Gasteiger partial charge is 0.337 e. The van der Waals surface area contributed by atoms with E-state index in [-0.39, 0.29) is 23.7 Å². The van der Waals surface area contributed by atoms with E-state index in [9.17, 15) is 9.59 Å². The normalized spacial score (nSPS) is 16.7. The molecule has 166 valence electrons. The van der Waals surface area contributed by atoms with E-state index in [1.165, 1.54) is 18.9 Å². The number of methoxy groups -OCH3 is 1. The van der Waals surface area contributed by atoms with E-state index in [4.69, 9.17) is 27.9 Å². The molecule has 1 aliphatic heterocycles. The molecule has 1 N–H and O–H groups in total. The van der Waals surface area contributed by atoms with Gasteiger partial charge in [0.05, 0.1) is 41.2 Å². The number of nitrogens with one attached hydrogen (secondary N) is 1. The van der Waals surface area contributed by atoms with Crippen LogP contribution in [-0.2, 0) is 20.8 Å². The van der Waals surface area contributed by atoms with Gasteiger partial charge in [0, 0.05) is 31.1 Å². The van der Waals surface area contributed by atoms with Crippen LogP contribution in [0.5, 0.6) is 0 Å². The Labute approximate surface area is 196 Å². The maximum absolute atomic E-state index is 12.2. The molecule has 0 unspecified atom stereocenters. The average molecular weight is 483 g/mol. The molecule has 1 aliphatic rings. The van der Waals surface area contributed by atoms with Gasteiger partial charge in [0.2, 0.25) is 5.91 Å². The van der Waals surface area contributed by atoms with Crippen LogP contribution in [0.25, 0.3) is 0 Å². The van der Waals surface area contributed by atoms with Gasteiger partial charge in [-0.2, -0.15) is 0 Å². The lowest BCUT2D eigenvalue weighted by Gasteiger charge is -2.33. The highest BCUT2D eigenvalue weighted by atomic mass is 35.5. The van der Waals surface area contributed by atoms with E-state index in [0.29, 0.717) is 28.8 Å². The summed E-state index contributed by atoms with van der Waals surface area (Å²) in [7, 11) is 1.35. The summed E-state index contributed by atoms with van der Waals surface area (Å²) in [5.74, 6) is -0.153. The molecule has 1 atom stereocenters. The third-order valence-electron chi connectivity index (χ3n) is 4.79. The molecule has 2 aromatic rings. The molecular formula is C22H24Cl2N2O4S. The number of nitrogens with zero attached hydrogens (tertiary/aromatic N) is 1. The lowest BCUT2D eigenvalue weighted by molar-refractivity contribution is -0.119. The van der Waals surface area contributed by atoms with Crippen LogP contribution in [-0.4, -0.2) is 62.0 Å². The van der Waals surface area contributed by atoms with Gasteiger partial charge in [-0.1, -0.05) is 29.3 Å². The molecule has 2 aromatic carbocycles. The minimum atomic E-state index is -0.380. The standard InChI is InChI=1S/C22H24Cl2N2O4S/c1-29-22(28)16-3-5-18(6-4-16)31-14-21(27)25-11-17-13-26(8-9-30-17)12-15-2-7-19(23)20(24)10-15/h2-7,10,17H,8-9,11-14H2,1H3,(H,25,27)/t17-/m0/s1. The second-order valence-electron chi connectivity index (χ2n) is 7.09. The van der Waals surface area contributed by atoms with Crippen molar-refractivity contribution < 1.29 is 19.1 Å². The van der Waals surface area contributed by atoms with Crippen molar-refractivity contribution in [1.82, 2.24) is 10.2 Å². The zero-order valence-electron chi connectivity index (χ0n) is 17.1. The minimum absolute atomic E-state index is 0.0627. The van der Waals surface area contributed by atoms with Crippen molar-refractivity contribution >= 4 is 46.8 Å². The molecule has 0 radical (unpaired) electrons. The highest BCUT2D eigenvalue weighted by molar-refractivity contribution is 8.00. The molecule has 0 saturated carbocycles. The summed E-state index contributed by atoms with van der Waals surface area (Å²) in [6, 6.07) is 12.6. The van der Waals surface area contributed by atoms with Crippen molar-refractivity contribution in [2.45, 2.75) is 17.5 Å². The Morgan fingerprint density at radius 1 is 1.19 bits per heavy atom. The van der Waals surface area contributed by atoms with E-state index >= 15 is 0 Å². The zero-order chi connectivity index (χ0) is 22.2. The van der Waals surface area contributed by atoms with Crippen LogP contribution >= 0.6 is 35.0 Å². The predicted molar refractivity (Wildman–Crippen MR) is 123 cm³/mol. The van der Waals surface area contributed by atoms with Crippen LogP contribution in [0, 0.1) is 0 Å². The van der Waals surface area contributed by atoms with E-state index in [1.807, 2.05) is 12.1 Å². The second-order valence-corrected chi connectivity index (χ2v) is 8.95. The molecule has 1 saturated heterocycles. The van der Waals surface area contributed by atoms with E-state index in [2.05, 4.69) is 15.0 Å². The largest absolute Gasteiger partial charge is 0.465 e. The van der Waals surface area contributed by atoms with Gasteiger partial charge in [-0.15, -0.1) is 11.8 Å². The fourth-order valence-electron chi connectivity index (χ4n) is 3.18. The van der Waals surface area contributed by atoms with Gasteiger partial charge in [-0.25, -0.2) is 4.79 Å². The first-order valence-corrected chi connectivity index (χ1v) is 11.5. The number of esters is 1. The monoisotopic (exact) mass is 482 g/mol. The van der Waals surface area contributed by atoms with Crippen LogP contribution in [0.2, 0.25) is 10.0 Å². The number of morpholine rings is 1. The van der Waals surface area contributed by atoms with Gasteiger partial charge in [-0.3, -0.25) is 9.69 Å². The lowest BCUT2D eigenvalue weighted by Crippen LogP contribution is -2.47. The molecule has 0 aliphatic carbocycles. The van der Waals surface area contributed by atoms with Crippen LogP contribution < -0.4 is 5.32 Å². The quantitative estimate of drug-likeness (QED) is 0.454. The van der Waals surface area contributed by atoms with Crippen molar-refractivity contribution in [3.63, 3.8) is 0 Å². The molecule has 31 heavy (non-hydrogen) atoms. The first-order valence-electron chi connectivity index (χ1n) is 9.80. The van der Waals surface area contributed by atoms with Crippen molar-refractivity contribution in [2.75, 3.05) is 39.1 Å². The predicted octanol–water partition coefficient (Wildman–Crippen LogP) is 3.89. The van der Waals surface area contributed by atoms with Gasteiger partial charge in [0.15, 0.2) is 0 Å². The first-order chi connectivity index (χ1) is 14.9. The number of ether oxygens (including phenoxy) is 2. The topological polar surface area (TPSA) is 67.9 Å². The van der Waals surface area contributed by atoms with E-state index in [1.54, 1.807) is 30.3 Å². The number of hydrogen-bond donors (Lipinski definition) is 1. The molecular weight excluding hydrogens is 459 g/mol. The number of carbonyl (C=O) groups excluding carboxylic acids is 2. The minimum Gasteiger partial charge on any atom is -0.465 e. The van der Waals surface area contributed by atoms with E-state index < -0.39 is 0 Å². The summed E-state index contributed by atoms with van der Waals surface area (Å²) >= 11 is 13.5. The molecule has 1 fully saturated rings. The molecule has 1 heterocycles. The molecule has 1 amide bonds. The van der Waals surface area contributed by atoms with Crippen molar-refractivity contribution in [1.29, 1.82) is 0 Å². The summed E-state index contributed by atoms with van der Waals surface area (Å²) in [6.45, 7) is 3.37. The maximum atomic E-state index is 12.2. The maximum Gasteiger partial charge on any atom is 0.337 e. The third-order valence-corrected chi connectivity index (χ3v) is 6.54. The fraction of sp³-hybridized carbons (Fsp3) is 0.364. The molecule has 0 spiro atoms. The van der Waals surface area contributed by atoms with E-state index in [0.717, 1.165) is 30.1 Å². The highest BCUT2D eigenvalue weighted by Gasteiger charge is 2.21. The number of amides is 1. The Kier molecular flexibility index (Phi) is 9.04. The number of halogens is 2. The Morgan fingerprint density at radius 2 is 1.97 bits per heavy atom. The SMILES string of the molecule is COC(=O)c1ccc(SCC(=O)NC[C@H]2CN(Cc3ccc(Cl)c(Cl)c3)CCO2)cc1. The van der Waals surface area contributed by atoms with Crippen LogP contribution in [0.15, 0.2) is 47.4 Å². The van der Waals surface area contributed by atoms with Gasteiger partial charge in [0.25, 0.3) is 0 Å². The highest BCUT2D eigenvalue weighted by Crippen LogP contribution is 2.23. The van der Waals surface area contributed by atoms with Crippen LogP contribution in [0.3, 0.4) is 0 Å². The first kappa shape index (κ1) is 23.9. The summed E-state index contributed by atoms with van der Waals surface area (Å²) in [5, 5.41) is 4.03. The summed E-state index contributed by atoms with van der Waals surface area (Å²) in [6.07, 6.45) is -0.0650. The fourth-order valence-corrected chi connectivity index (χ4v) is 4.23. The van der Waals surface area contributed by atoms with Crippen LogP contribution in [0.4, 0.5) is 0 Å². The number of rotatable bonds is 8. The molecule has 0 aromatic heterocycles. The number of thioether (sulfide) groups is 1. The van der Waals surface area contributed by atoms with Gasteiger partial charge < -0.3 is 14.8 Å². The van der Waals surface area contributed by atoms with Gasteiger partial charge in [-0.05, 0) is 42.0 Å². The number of hydrogen-bond acceptors (Lipinski definition) is 6. The van der Waals surface area contributed by atoms with Crippen molar-refractivity contribution in [3.8, 4) is 0 Å². The van der Waals surface area contributed by atoms with Crippen LogP contribution in [0.1, 0.15) is 15.9 Å². The molecule has 0 bridgehead atoms. The molecule has 3 rings (SSSR count). The average Bonchev–Trinajstić information content (AvgIpc) is 2.79. The van der Waals surface area contributed by atoms with Crippen molar-refractivity contribution in [3.05, 3.63) is 63.6 Å². The molecule has 6 nitrogen and oxygen atoms in total. The summed E-state index contributed by atoms with van der Waals surface area (Å²) < 4.78 is 10.5. The van der Waals surface area contributed by atoms with Gasteiger partial charge >= 0.3 is 5.97 Å². The van der Waals surface area contributed by atoms with Crippen molar-refractivity contribution in [2.24, 2.45) is 0 Å². The summed E-state index contributed by atoms with van der Waals surface area (Å²) in [5.41, 5.74) is 1.57. The van der Waals surface area contributed by atoms with Gasteiger partial charge in [0.1, 0.15) is 0 Å². The number of benzene rings is 2. The molecule has 9 heteroatoms. The Hall–Kier alpha value is -1.77. The Balaban J connectivity index is 1.40. The number of carbonyl (C=O) groups is 2. The Morgan fingerprint density at radius 3 is 2.68 bits per heavy atom. The summed E-state index contributed by atoms with van der Waals surface area (Å²) in [4.78, 5) is 26.9. The second kappa shape index (κ2) is 11.7. The Bertz CT molecular complexity index is 911. The third kappa shape index (κ3) is 7.40.